The van der Waals surface area contributed by atoms with E-state index in [1.54, 1.807) is 19.4 Å². The summed E-state index contributed by atoms with van der Waals surface area (Å²) in [7, 11) is 1.54. The van der Waals surface area contributed by atoms with Gasteiger partial charge < -0.3 is 14.2 Å². The lowest BCUT2D eigenvalue weighted by Gasteiger charge is -2.36. The van der Waals surface area contributed by atoms with Gasteiger partial charge in [-0.2, -0.15) is 0 Å². The summed E-state index contributed by atoms with van der Waals surface area (Å²) in [4.78, 5) is 18.8. The van der Waals surface area contributed by atoms with Gasteiger partial charge in [0.15, 0.2) is 0 Å². The SMILES string of the molecule is COc1cc(CCC(=O)N2CCCC[C@@H]2c2cccnc2)on1. The van der Waals surface area contributed by atoms with Crippen LogP contribution in [-0.2, 0) is 11.2 Å². The van der Waals surface area contributed by atoms with Crippen LogP contribution in [0.2, 0.25) is 0 Å². The Labute approximate surface area is 135 Å². The van der Waals surface area contributed by atoms with Gasteiger partial charge in [-0.05, 0) is 36.0 Å². The molecule has 0 N–H and O–H groups in total. The van der Waals surface area contributed by atoms with E-state index in [2.05, 4.69) is 10.1 Å². The molecule has 1 amide bonds. The van der Waals surface area contributed by atoms with Crippen molar-refractivity contribution in [3.63, 3.8) is 0 Å². The van der Waals surface area contributed by atoms with E-state index in [1.165, 1.54) is 0 Å². The highest BCUT2D eigenvalue weighted by Gasteiger charge is 2.27. The minimum absolute atomic E-state index is 0.134. The largest absolute Gasteiger partial charge is 0.479 e. The average Bonchev–Trinajstić information content (AvgIpc) is 3.08. The molecule has 1 aliphatic rings. The van der Waals surface area contributed by atoms with Crippen molar-refractivity contribution < 1.29 is 14.1 Å². The lowest BCUT2D eigenvalue weighted by atomic mass is 9.96. The number of methoxy groups -OCH3 is 1. The molecule has 23 heavy (non-hydrogen) atoms. The fourth-order valence-corrected chi connectivity index (χ4v) is 3.03. The first kappa shape index (κ1) is 15.5. The Hall–Kier alpha value is -2.37. The molecule has 1 aliphatic heterocycles. The van der Waals surface area contributed by atoms with E-state index in [0.717, 1.165) is 31.4 Å². The Kier molecular flexibility index (Phi) is 4.90. The number of piperidine rings is 1. The Morgan fingerprint density at radius 3 is 3.13 bits per heavy atom. The van der Waals surface area contributed by atoms with Gasteiger partial charge >= 0.3 is 0 Å². The molecule has 0 saturated carbocycles. The Bertz CT molecular complexity index is 642. The van der Waals surface area contributed by atoms with Gasteiger partial charge in [0.2, 0.25) is 5.91 Å². The van der Waals surface area contributed by atoms with Gasteiger partial charge in [0, 0.05) is 37.8 Å². The highest BCUT2D eigenvalue weighted by atomic mass is 16.5. The zero-order chi connectivity index (χ0) is 16.1. The van der Waals surface area contributed by atoms with Crippen molar-refractivity contribution >= 4 is 5.91 Å². The number of likely N-dealkylation sites (tertiary alicyclic amines) is 1. The maximum atomic E-state index is 12.6. The van der Waals surface area contributed by atoms with Crippen molar-refractivity contribution in [1.29, 1.82) is 0 Å². The molecule has 2 aromatic rings. The van der Waals surface area contributed by atoms with Crippen molar-refractivity contribution in [2.45, 2.75) is 38.1 Å². The van der Waals surface area contributed by atoms with E-state index < -0.39 is 0 Å². The highest BCUT2D eigenvalue weighted by molar-refractivity contribution is 5.77. The first-order valence-corrected chi connectivity index (χ1v) is 7.97. The monoisotopic (exact) mass is 315 g/mol. The van der Waals surface area contributed by atoms with Crippen LogP contribution in [0.25, 0.3) is 0 Å². The number of aryl methyl sites for hydroxylation is 1. The van der Waals surface area contributed by atoms with Crippen LogP contribution in [-0.4, -0.2) is 34.6 Å². The molecule has 3 rings (SSSR count). The molecule has 0 aromatic carbocycles. The van der Waals surface area contributed by atoms with Gasteiger partial charge in [0.25, 0.3) is 5.88 Å². The maximum absolute atomic E-state index is 12.6. The van der Waals surface area contributed by atoms with Crippen LogP contribution >= 0.6 is 0 Å². The number of aromatic nitrogens is 2. The minimum atomic E-state index is 0.134. The number of hydrogen-bond acceptors (Lipinski definition) is 5. The fraction of sp³-hybridized carbons (Fsp3) is 0.471. The lowest BCUT2D eigenvalue weighted by Crippen LogP contribution is -2.38. The predicted molar refractivity (Wildman–Crippen MR) is 83.9 cm³/mol. The molecule has 6 nitrogen and oxygen atoms in total. The van der Waals surface area contributed by atoms with Gasteiger partial charge in [-0.1, -0.05) is 6.07 Å². The third kappa shape index (κ3) is 3.70. The third-order valence-corrected chi connectivity index (χ3v) is 4.22. The second-order valence-corrected chi connectivity index (χ2v) is 5.72. The van der Waals surface area contributed by atoms with Gasteiger partial charge in [0.05, 0.1) is 13.2 Å². The number of ether oxygens (including phenoxy) is 1. The van der Waals surface area contributed by atoms with Crippen LogP contribution in [0.5, 0.6) is 5.88 Å². The first-order valence-electron chi connectivity index (χ1n) is 7.97. The van der Waals surface area contributed by atoms with Crippen molar-refractivity contribution in [2.24, 2.45) is 0 Å². The molecule has 1 atom stereocenters. The van der Waals surface area contributed by atoms with Crippen LogP contribution in [0.15, 0.2) is 35.1 Å². The first-order chi connectivity index (χ1) is 11.3. The molecular weight excluding hydrogens is 294 g/mol. The molecule has 6 heteroatoms. The van der Waals surface area contributed by atoms with Gasteiger partial charge in [-0.3, -0.25) is 9.78 Å². The predicted octanol–water partition coefficient (Wildman–Crippen LogP) is 2.76. The summed E-state index contributed by atoms with van der Waals surface area (Å²) in [6.45, 7) is 0.804. The number of hydrogen-bond donors (Lipinski definition) is 0. The van der Waals surface area contributed by atoms with E-state index in [9.17, 15) is 4.79 Å². The van der Waals surface area contributed by atoms with Crippen LogP contribution < -0.4 is 4.74 Å². The molecular formula is C17H21N3O3. The fourth-order valence-electron chi connectivity index (χ4n) is 3.03. The van der Waals surface area contributed by atoms with E-state index in [0.29, 0.717) is 24.5 Å². The molecule has 122 valence electrons. The summed E-state index contributed by atoms with van der Waals surface area (Å²) in [6.07, 6.45) is 7.75. The minimum Gasteiger partial charge on any atom is -0.479 e. The van der Waals surface area contributed by atoms with Gasteiger partial charge in [-0.15, -0.1) is 0 Å². The zero-order valence-electron chi connectivity index (χ0n) is 13.3. The van der Waals surface area contributed by atoms with E-state index in [-0.39, 0.29) is 11.9 Å². The number of nitrogens with zero attached hydrogens (tertiary/aromatic N) is 3. The molecule has 0 radical (unpaired) electrons. The van der Waals surface area contributed by atoms with Crippen LogP contribution in [0.3, 0.4) is 0 Å². The van der Waals surface area contributed by atoms with Gasteiger partial charge in [0.1, 0.15) is 5.76 Å². The number of amides is 1. The van der Waals surface area contributed by atoms with Crippen molar-refractivity contribution in [1.82, 2.24) is 15.0 Å². The van der Waals surface area contributed by atoms with Crippen LogP contribution in [0.1, 0.15) is 43.0 Å². The van der Waals surface area contributed by atoms with Gasteiger partial charge in [-0.25, -0.2) is 0 Å². The number of carbonyl (C=O) groups is 1. The molecule has 1 fully saturated rings. The Balaban J connectivity index is 1.64. The van der Waals surface area contributed by atoms with Crippen LogP contribution in [0.4, 0.5) is 0 Å². The molecule has 1 saturated heterocycles. The van der Waals surface area contributed by atoms with E-state index in [1.807, 2.05) is 23.2 Å². The Morgan fingerprint density at radius 1 is 1.48 bits per heavy atom. The molecule has 0 unspecified atom stereocenters. The van der Waals surface area contributed by atoms with E-state index >= 15 is 0 Å². The smallest absolute Gasteiger partial charge is 0.254 e. The Morgan fingerprint density at radius 2 is 2.39 bits per heavy atom. The molecule has 3 heterocycles. The summed E-state index contributed by atoms with van der Waals surface area (Å²) in [5, 5.41) is 3.76. The highest BCUT2D eigenvalue weighted by Crippen LogP contribution is 2.31. The molecule has 2 aromatic heterocycles. The standard InChI is InChI=1S/C17H21N3O3/c1-22-16-11-14(23-19-16)7-8-17(21)20-10-3-2-6-15(20)13-5-4-9-18-12-13/h4-5,9,11-12,15H,2-3,6-8,10H2,1H3/t15-/m1/s1. The summed E-state index contributed by atoms with van der Waals surface area (Å²) in [5.41, 5.74) is 1.11. The average molecular weight is 315 g/mol. The van der Waals surface area contributed by atoms with Crippen molar-refractivity contribution in [3.05, 3.63) is 41.9 Å². The summed E-state index contributed by atoms with van der Waals surface area (Å²) in [6, 6.07) is 5.83. The zero-order valence-corrected chi connectivity index (χ0v) is 13.3. The van der Waals surface area contributed by atoms with Crippen molar-refractivity contribution in [2.75, 3.05) is 13.7 Å². The quantitative estimate of drug-likeness (QED) is 0.848. The topological polar surface area (TPSA) is 68.5 Å². The summed E-state index contributed by atoms with van der Waals surface area (Å²) >= 11 is 0. The number of pyridine rings is 1. The second kappa shape index (κ2) is 7.26. The summed E-state index contributed by atoms with van der Waals surface area (Å²) < 4.78 is 10.1. The molecule has 0 aliphatic carbocycles. The lowest BCUT2D eigenvalue weighted by molar-refractivity contribution is -0.135. The maximum Gasteiger partial charge on any atom is 0.254 e. The second-order valence-electron chi connectivity index (χ2n) is 5.72. The third-order valence-electron chi connectivity index (χ3n) is 4.22. The van der Waals surface area contributed by atoms with E-state index in [4.69, 9.17) is 9.26 Å². The normalized spacial score (nSPS) is 18.0. The molecule has 0 bridgehead atoms. The van der Waals surface area contributed by atoms with Crippen molar-refractivity contribution in [3.8, 4) is 5.88 Å². The molecule has 0 spiro atoms. The number of rotatable bonds is 5. The van der Waals surface area contributed by atoms with Crippen LogP contribution in [0, 0.1) is 0 Å². The summed E-state index contributed by atoms with van der Waals surface area (Å²) in [5.74, 6) is 1.26. The number of carbonyl (C=O) groups excluding carboxylic acids is 1.